The van der Waals surface area contributed by atoms with Crippen LogP contribution in [0, 0.1) is 5.92 Å². The van der Waals surface area contributed by atoms with Crippen molar-refractivity contribution in [3.8, 4) is 5.75 Å². The van der Waals surface area contributed by atoms with E-state index in [2.05, 4.69) is 9.62 Å². The minimum absolute atomic E-state index is 0.00850. The molecule has 1 aromatic rings. The van der Waals surface area contributed by atoms with Crippen LogP contribution in [0.5, 0.6) is 5.75 Å². The first-order chi connectivity index (χ1) is 14.4. The number of methoxy groups -OCH3 is 1. The molecule has 2 saturated heterocycles. The molecule has 0 bridgehead atoms. The van der Waals surface area contributed by atoms with Crippen molar-refractivity contribution in [3.05, 3.63) is 18.2 Å². The Kier molecular flexibility index (Phi) is 6.71. The summed E-state index contributed by atoms with van der Waals surface area (Å²) in [7, 11) is -6.54. The van der Waals surface area contributed by atoms with Crippen LogP contribution in [0.15, 0.2) is 23.1 Å². The second-order valence-corrected chi connectivity index (χ2v) is 12.4. The summed E-state index contributed by atoms with van der Waals surface area (Å²) in [5.41, 5.74) is -0.395. The predicted octanol–water partition coefficient (Wildman–Crippen LogP) is 1.55. The molecule has 0 aromatic heterocycles. The average molecular weight is 474 g/mol. The Hall–Kier alpha value is -1.69. The van der Waals surface area contributed by atoms with Crippen LogP contribution in [0.25, 0.3) is 0 Å². The van der Waals surface area contributed by atoms with Gasteiger partial charge in [0.15, 0.2) is 0 Å². The molecular weight excluding hydrogens is 442 g/mol. The molecule has 1 atom stereocenters. The molecule has 9 nitrogen and oxygen atoms in total. The van der Waals surface area contributed by atoms with Gasteiger partial charge in [0, 0.05) is 12.1 Å². The van der Waals surface area contributed by atoms with Gasteiger partial charge < -0.3 is 4.74 Å². The molecule has 0 spiro atoms. The van der Waals surface area contributed by atoms with Crippen LogP contribution in [0.1, 0.15) is 40.0 Å². The normalized spacial score (nSPS) is 22.6. The summed E-state index contributed by atoms with van der Waals surface area (Å²) in [5, 5.41) is 0. The fourth-order valence-electron chi connectivity index (χ4n) is 4.05. The van der Waals surface area contributed by atoms with E-state index in [1.165, 1.54) is 38.7 Å². The van der Waals surface area contributed by atoms with Crippen LogP contribution in [0.4, 0.5) is 5.69 Å². The lowest BCUT2D eigenvalue weighted by molar-refractivity contribution is -0.119. The Labute approximate surface area is 184 Å². The van der Waals surface area contributed by atoms with Crippen LogP contribution in [-0.2, 0) is 24.8 Å². The first-order valence-electron chi connectivity index (χ1n) is 10.4. The second-order valence-electron chi connectivity index (χ2n) is 8.80. The van der Waals surface area contributed by atoms with Gasteiger partial charge in [-0.15, -0.1) is 0 Å². The van der Waals surface area contributed by atoms with E-state index in [0.717, 1.165) is 25.9 Å². The van der Waals surface area contributed by atoms with Gasteiger partial charge in [0.25, 0.3) is 0 Å². The lowest BCUT2D eigenvalue weighted by atomic mass is 9.99. The lowest BCUT2D eigenvalue weighted by Crippen LogP contribution is -2.53. The molecule has 0 saturated carbocycles. The zero-order valence-corrected chi connectivity index (χ0v) is 20.1. The highest BCUT2D eigenvalue weighted by Crippen LogP contribution is 2.34. The number of carbonyl (C=O) groups is 1. The number of hydrogen-bond donors (Lipinski definition) is 1. The molecule has 1 unspecified atom stereocenters. The number of benzene rings is 1. The molecule has 2 heterocycles. The number of nitrogens with one attached hydrogen (secondary N) is 1. The van der Waals surface area contributed by atoms with Crippen molar-refractivity contribution in [3.63, 3.8) is 0 Å². The number of nitrogens with zero attached hydrogens (tertiary/aromatic N) is 2. The number of ether oxygens (including phenoxy) is 1. The summed E-state index contributed by atoms with van der Waals surface area (Å²) in [5.74, 6) is -1.49. The Morgan fingerprint density at radius 1 is 1.19 bits per heavy atom. The molecule has 1 amide bonds. The average Bonchev–Trinajstić information content (AvgIpc) is 2.93. The van der Waals surface area contributed by atoms with Crippen molar-refractivity contribution < 1.29 is 26.4 Å². The molecule has 0 aliphatic carbocycles. The van der Waals surface area contributed by atoms with E-state index in [0.29, 0.717) is 4.31 Å². The Morgan fingerprint density at radius 3 is 2.39 bits per heavy atom. The van der Waals surface area contributed by atoms with Crippen LogP contribution < -0.4 is 13.8 Å². The molecule has 1 aromatic carbocycles. The smallest absolute Gasteiger partial charge is 0.244 e. The molecule has 1 N–H and O–H groups in total. The third-order valence-electron chi connectivity index (χ3n) is 5.94. The number of amides is 1. The quantitative estimate of drug-likeness (QED) is 0.639. The first-order valence-corrected chi connectivity index (χ1v) is 13.5. The Bertz CT molecular complexity index is 1050. The number of carbonyl (C=O) groups excluding carboxylic acids is 1. The third kappa shape index (κ3) is 4.89. The van der Waals surface area contributed by atoms with Gasteiger partial charge in [-0.05, 0) is 58.0 Å². The fraction of sp³-hybridized carbons (Fsp3) is 0.650. The van der Waals surface area contributed by atoms with E-state index in [9.17, 15) is 21.6 Å². The largest absolute Gasteiger partial charge is 0.495 e. The van der Waals surface area contributed by atoms with Crippen LogP contribution in [-0.4, -0.2) is 65.7 Å². The Balaban J connectivity index is 1.90. The molecule has 2 aliphatic rings. The highest BCUT2D eigenvalue weighted by Gasteiger charge is 2.42. The summed E-state index contributed by atoms with van der Waals surface area (Å²) in [6.45, 7) is 7.53. The van der Waals surface area contributed by atoms with E-state index in [1.807, 2.05) is 13.8 Å². The van der Waals surface area contributed by atoms with Crippen molar-refractivity contribution in [2.45, 2.75) is 50.5 Å². The third-order valence-corrected chi connectivity index (χ3v) is 9.23. The summed E-state index contributed by atoms with van der Waals surface area (Å²) in [4.78, 5) is 14.5. The maximum atomic E-state index is 13.2. The topological polar surface area (TPSA) is 113 Å². The predicted molar refractivity (Wildman–Crippen MR) is 118 cm³/mol. The summed E-state index contributed by atoms with van der Waals surface area (Å²) in [6.07, 6.45) is 3.35. The Morgan fingerprint density at radius 2 is 1.84 bits per heavy atom. The highest BCUT2D eigenvalue weighted by atomic mass is 32.2. The molecule has 2 fully saturated rings. The van der Waals surface area contributed by atoms with E-state index in [1.54, 1.807) is 0 Å². The van der Waals surface area contributed by atoms with Crippen molar-refractivity contribution in [1.82, 2.24) is 9.62 Å². The first kappa shape index (κ1) is 24.0. The number of piperidine rings is 1. The molecule has 2 aliphatic heterocycles. The summed E-state index contributed by atoms with van der Waals surface area (Å²) >= 11 is 0. The van der Waals surface area contributed by atoms with Gasteiger partial charge in [0.05, 0.1) is 24.5 Å². The highest BCUT2D eigenvalue weighted by molar-refractivity contribution is 7.94. The van der Waals surface area contributed by atoms with Crippen LogP contribution in [0.3, 0.4) is 0 Å². The number of rotatable bonds is 7. The zero-order chi connectivity index (χ0) is 23.0. The maximum Gasteiger partial charge on any atom is 0.244 e. The summed E-state index contributed by atoms with van der Waals surface area (Å²) < 4.78 is 59.7. The van der Waals surface area contributed by atoms with Gasteiger partial charge in [-0.3, -0.25) is 9.69 Å². The van der Waals surface area contributed by atoms with E-state index < -0.39 is 31.9 Å². The molecule has 31 heavy (non-hydrogen) atoms. The molecule has 174 valence electrons. The SMILES string of the molecule is COc1ccc(N2C(=O)C(C)CS2(=O)=O)cc1S(=O)(=O)NCC(C)(C)N1CCCCC1. The minimum atomic E-state index is -4.03. The van der Waals surface area contributed by atoms with Gasteiger partial charge in [-0.1, -0.05) is 13.3 Å². The molecule has 11 heteroatoms. The van der Waals surface area contributed by atoms with Crippen LogP contribution >= 0.6 is 0 Å². The number of sulfonamides is 2. The number of hydrogen-bond acceptors (Lipinski definition) is 7. The number of anilines is 1. The maximum absolute atomic E-state index is 13.2. The van der Waals surface area contributed by atoms with Crippen molar-refractivity contribution in [1.29, 1.82) is 0 Å². The minimum Gasteiger partial charge on any atom is -0.495 e. The molecule has 3 rings (SSSR count). The van der Waals surface area contributed by atoms with Crippen LogP contribution in [0.2, 0.25) is 0 Å². The van der Waals surface area contributed by atoms with Gasteiger partial charge in [0.1, 0.15) is 10.6 Å². The number of likely N-dealkylation sites (tertiary alicyclic amines) is 1. The fourth-order valence-corrected chi connectivity index (χ4v) is 7.25. The van der Waals surface area contributed by atoms with Gasteiger partial charge in [0.2, 0.25) is 26.0 Å². The monoisotopic (exact) mass is 473 g/mol. The van der Waals surface area contributed by atoms with E-state index >= 15 is 0 Å². The van der Waals surface area contributed by atoms with Gasteiger partial charge >= 0.3 is 0 Å². The van der Waals surface area contributed by atoms with Crippen molar-refractivity contribution in [2.24, 2.45) is 5.92 Å². The van der Waals surface area contributed by atoms with E-state index in [4.69, 9.17) is 4.74 Å². The molecule has 0 radical (unpaired) electrons. The molecular formula is C20H31N3O6S2. The van der Waals surface area contributed by atoms with Gasteiger partial charge in [-0.2, -0.15) is 0 Å². The standard InChI is InChI=1S/C20H31N3O6S2/c1-15-13-30(25,26)23(19(15)24)16-8-9-17(29-4)18(12-16)31(27,28)21-14-20(2,3)22-10-6-5-7-11-22/h8-9,12,15,21H,5-7,10-11,13-14H2,1-4H3. The summed E-state index contributed by atoms with van der Waals surface area (Å²) in [6, 6.07) is 3.93. The second kappa shape index (κ2) is 8.68. The van der Waals surface area contributed by atoms with Gasteiger partial charge in [-0.25, -0.2) is 25.9 Å². The lowest BCUT2D eigenvalue weighted by Gasteiger charge is -2.41. The zero-order valence-electron chi connectivity index (χ0n) is 18.4. The van der Waals surface area contributed by atoms with Crippen molar-refractivity contribution in [2.75, 3.05) is 36.8 Å². The van der Waals surface area contributed by atoms with Crippen molar-refractivity contribution >= 4 is 31.6 Å². The van der Waals surface area contributed by atoms with E-state index in [-0.39, 0.29) is 34.2 Å².